The number of likely N-dealkylation sites (tertiary alicyclic amines) is 1. The van der Waals surface area contributed by atoms with Gasteiger partial charge in [0.1, 0.15) is 17.5 Å². The van der Waals surface area contributed by atoms with E-state index in [4.69, 9.17) is 4.98 Å². The standard InChI is InChI=1S/C25H30F3N9O/c1-3-35-6-8-36(9-7-35)23-13-21(30-22-10-15(2)33-34-22)31-25(32-23)29-16-4-5-37(14-16)24(38)17-11-19(27)20(28)12-18(17)26/h10-13,16H,3-9,14H2,1-2H3,(H3,29,30,31,32,33,34)/t16-/m0/s1. The predicted molar refractivity (Wildman–Crippen MR) is 137 cm³/mol. The van der Waals surface area contributed by atoms with Gasteiger partial charge < -0.3 is 25.3 Å². The molecule has 0 spiro atoms. The van der Waals surface area contributed by atoms with Crippen LogP contribution < -0.4 is 15.5 Å². The van der Waals surface area contributed by atoms with Crippen LogP contribution in [0.4, 0.5) is 36.6 Å². The van der Waals surface area contributed by atoms with Gasteiger partial charge in [-0.2, -0.15) is 15.1 Å². The first kappa shape index (κ1) is 25.8. The average Bonchev–Trinajstić information content (AvgIpc) is 3.54. The molecule has 0 radical (unpaired) electrons. The summed E-state index contributed by atoms with van der Waals surface area (Å²) >= 11 is 0. The maximum Gasteiger partial charge on any atom is 0.257 e. The fourth-order valence-corrected chi connectivity index (χ4v) is 4.73. The van der Waals surface area contributed by atoms with Crippen LogP contribution in [0.5, 0.6) is 0 Å². The van der Waals surface area contributed by atoms with E-state index in [2.05, 4.69) is 42.5 Å². The topological polar surface area (TPSA) is 105 Å². The zero-order chi connectivity index (χ0) is 26.8. The molecule has 2 aromatic heterocycles. The number of piperazine rings is 1. The molecule has 13 heteroatoms. The molecule has 2 aliphatic rings. The minimum Gasteiger partial charge on any atom is -0.354 e. The summed E-state index contributed by atoms with van der Waals surface area (Å²) in [4.78, 5) is 28.2. The molecule has 0 saturated carbocycles. The highest BCUT2D eigenvalue weighted by molar-refractivity contribution is 5.94. The molecule has 0 unspecified atom stereocenters. The van der Waals surface area contributed by atoms with Crippen LogP contribution in [0.3, 0.4) is 0 Å². The minimum absolute atomic E-state index is 0.208. The predicted octanol–water partition coefficient (Wildman–Crippen LogP) is 3.14. The van der Waals surface area contributed by atoms with E-state index >= 15 is 0 Å². The molecule has 3 N–H and O–H groups in total. The Bertz CT molecular complexity index is 1310. The Morgan fingerprint density at radius 3 is 2.47 bits per heavy atom. The number of anilines is 4. The largest absolute Gasteiger partial charge is 0.354 e. The Labute approximate surface area is 218 Å². The van der Waals surface area contributed by atoms with Gasteiger partial charge in [0.05, 0.1) is 5.56 Å². The second-order valence-corrected chi connectivity index (χ2v) is 9.54. The molecule has 0 aliphatic carbocycles. The number of nitrogens with one attached hydrogen (secondary N) is 3. The van der Waals surface area contributed by atoms with Crippen molar-refractivity contribution in [2.45, 2.75) is 26.3 Å². The number of benzene rings is 1. The lowest BCUT2D eigenvalue weighted by Gasteiger charge is -2.35. The van der Waals surface area contributed by atoms with Crippen molar-refractivity contribution in [2.75, 3.05) is 61.3 Å². The molecule has 1 atom stereocenters. The van der Waals surface area contributed by atoms with Crippen molar-refractivity contribution in [1.82, 2.24) is 30.0 Å². The Hall–Kier alpha value is -3.87. The van der Waals surface area contributed by atoms with E-state index in [1.807, 2.05) is 19.1 Å². The molecule has 5 rings (SSSR count). The zero-order valence-corrected chi connectivity index (χ0v) is 21.3. The first-order valence-electron chi connectivity index (χ1n) is 12.6. The van der Waals surface area contributed by atoms with E-state index in [0.29, 0.717) is 42.7 Å². The van der Waals surface area contributed by atoms with Gasteiger partial charge >= 0.3 is 0 Å². The molecular formula is C25H30F3N9O. The van der Waals surface area contributed by atoms with Crippen LogP contribution in [0.25, 0.3) is 0 Å². The highest BCUT2D eigenvalue weighted by Gasteiger charge is 2.30. The monoisotopic (exact) mass is 529 g/mol. The van der Waals surface area contributed by atoms with Crippen LogP contribution in [0.15, 0.2) is 24.3 Å². The van der Waals surface area contributed by atoms with E-state index in [9.17, 15) is 18.0 Å². The van der Waals surface area contributed by atoms with E-state index in [1.54, 1.807) is 0 Å². The molecular weight excluding hydrogens is 499 g/mol. The van der Waals surface area contributed by atoms with Crippen molar-refractivity contribution in [2.24, 2.45) is 0 Å². The van der Waals surface area contributed by atoms with Crippen LogP contribution in [0.2, 0.25) is 0 Å². The summed E-state index contributed by atoms with van der Waals surface area (Å²) in [6.45, 7) is 9.15. The second kappa shape index (κ2) is 10.9. The molecule has 202 valence electrons. The highest BCUT2D eigenvalue weighted by Crippen LogP contribution is 2.25. The van der Waals surface area contributed by atoms with Crippen LogP contribution in [-0.4, -0.2) is 87.7 Å². The normalized spacial score (nSPS) is 18.2. The van der Waals surface area contributed by atoms with E-state index in [-0.39, 0.29) is 12.6 Å². The maximum absolute atomic E-state index is 14.2. The quantitative estimate of drug-likeness (QED) is 0.401. The van der Waals surface area contributed by atoms with Crippen LogP contribution in [0, 0.1) is 24.4 Å². The molecule has 0 bridgehead atoms. The molecule has 1 amide bonds. The van der Waals surface area contributed by atoms with Crippen LogP contribution in [0.1, 0.15) is 29.4 Å². The third kappa shape index (κ3) is 5.67. The maximum atomic E-state index is 14.2. The van der Waals surface area contributed by atoms with Crippen molar-refractivity contribution >= 4 is 29.3 Å². The van der Waals surface area contributed by atoms with Gasteiger partial charge in [0, 0.05) is 69.2 Å². The smallest absolute Gasteiger partial charge is 0.257 e. The lowest BCUT2D eigenvalue weighted by molar-refractivity contribution is 0.0786. The lowest BCUT2D eigenvalue weighted by Crippen LogP contribution is -2.46. The average molecular weight is 530 g/mol. The number of halogens is 3. The number of hydrogen-bond acceptors (Lipinski definition) is 8. The van der Waals surface area contributed by atoms with Gasteiger partial charge in [0.25, 0.3) is 5.91 Å². The molecule has 2 fully saturated rings. The lowest BCUT2D eigenvalue weighted by atomic mass is 10.1. The number of aromatic amines is 1. The number of aromatic nitrogens is 4. The number of rotatable bonds is 7. The molecule has 3 aromatic rings. The minimum atomic E-state index is -1.33. The number of hydrogen-bond donors (Lipinski definition) is 3. The fourth-order valence-electron chi connectivity index (χ4n) is 4.73. The third-order valence-electron chi connectivity index (χ3n) is 6.87. The van der Waals surface area contributed by atoms with Crippen molar-refractivity contribution in [3.05, 3.63) is 53.0 Å². The molecule has 2 aliphatic heterocycles. The number of carbonyl (C=O) groups excluding carboxylic acids is 1. The number of nitrogens with zero attached hydrogens (tertiary/aromatic N) is 6. The Morgan fingerprint density at radius 2 is 1.76 bits per heavy atom. The van der Waals surface area contributed by atoms with E-state index in [1.165, 1.54) is 4.90 Å². The van der Waals surface area contributed by atoms with Gasteiger partial charge in [-0.15, -0.1) is 0 Å². The van der Waals surface area contributed by atoms with Gasteiger partial charge in [-0.05, 0) is 26.0 Å². The number of likely N-dealkylation sites (N-methyl/N-ethyl adjacent to an activating group) is 1. The summed E-state index contributed by atoms with van der Waals surface area (Å²) in [6, 6.07) is 4.54. The van der Waals surface area contributed by atoms with Gasteiger partial charge in [-0.1, -0.05) is 6.92 Å². The Kier molecular flexibility index (Phi) is 7.36. The zero-order valence-electron chi connectivity index (χ0n) is 21.3. The highest BCUT2D eigenvalue weighted by atomic mass is 19.2. The van der Waals surface area contributed by atoms with Gasteiger partial charge in [0.2, 0.25) is 5.95 Å². The van der Waals surface area contributed by atoms with Crippen molar-refractivity contribution < 1.29 is 18.0 Å². The van der Waals surface area contributed by atoms with Gasteiger partial charge in [0.15, 0.2) is 17.5 Å². The summed E-state index contributed by atoms with van der Waals surface area (Å²) in [6.07, 6.45) is 0.557. The van der Waals surface area contributed by atoms with Crippen molar-refractivity contribution in [3.63, 3.8) is 0 Å². The molecule has 2 saturated heterocycles. The van der Waals surface area contributed by atoms with Gasteiger partial charge in [-0.3, -0.25) is 9.89 Å². The Balaban J connectivity index is 1.32. The summed E-state index contributed by atoms with van der Waals surface area (Å²) in [5.74, 6) is -2.03. The third-order valence-corrected chi connectivity index (χ3v) is 6.87. The number of H-pyrrole nitrogens is 1. The van der Waals surface area contributed by atoms with E-state index < -0.39 is 28.9 Å². The molecule has 4 heterocycles. The van der Waals surface area contributed by atoms with E-state index in [0.717, 1.165) is 44.2 Å². The van der Waals surface area contributed by atoms with Gasteiger partial charge in [-0.25, -0.2) is 13.2 Å². The number of carbonyl (C=O) groups is 1. The second-order valence-electron chi connectivity index (χ2n) is 9.54. The summed E-state index contributed by atoms with van der Waals surface area (Å²) in [7, 11) is 0. The van der Waals surface area contributed by atoms with Crippen LogP contribution in [-0.2, 0) is 0 Å². The Morgan fingerprint density at radius 1 is 1.00 bits per heavy atom. The SMILES string of the molecule is CCN1CCN(c2cc(Nc3cc(C)[nH]n3)nc(N[C@H]3CCN(C(=O)c4cc(F)c(F)cc4F)C3)n2)CC1. The molecule has 38 heavy (non-hydrogen) atoms. The number of amides is 1. The van der Waals surface area contributed by atoms with Crippen molar-refractivity contribution in [1.29, 1.82) is 0 Å². The first-order valence-corrected chi connectivity index (χ1v) is 12.6. The molecule has 10 nitrogen and oxygen atoms in total. The summed E-state index contributed by atoms with van der Waals surface area (Å²) in [5, 5.41) is 13.6. The van der Waals surface area contributed by atoms with Crippen molar-refractivity contribution in [3.8, 4) is 0 Å². The fraction of sp³-hybridized carbons (Fsp3) is 0.440. The summed E-state index contributed by atoms with van der Waals surface area (Å²) in [5.41, 5.74) is 0.416. The summed E-state index contributed by atoms with van der Waals surface area (Å²) < 4.78 is 41.1. The van der Waals surface area contributed by atoms with Crippen LogP contribution >= 0.6 is 0 Å². The number of aryl methyl sites for hydroxylation is 1. The molecule has 1 aromatic carbocycles. The first-order chi connectivity index (χ1) is 18.3.